The zero-order valence-electron chi connectivity index (χ0n) is 13.9. The van der Waals surface area contributed by atoms with E-state index in [1.54, 1.807) is 6.07 Å². The summed E-state index contributed by atoms with van der Waals surface area (Å²) < 4.78 is 21.8. The van der Waals surface area contributed by atoms with Gasteiger partial charge in [0.25, 0.3) is 0 Å². The van der Waals surface area contributed by atoms with Gasteiger partial charge in [-0.05, 0) is 54.8 Å². The van der Waals surface area contributed by atoms with Crippen LogP contribution >= 0.6 is 0 Å². The molecule has 1 N–H and O–H groups in total. The van der Waals surface area contributed by atoms with Crippen LogP contribution in [-0.4, -0.2) is 37.2 Å². The Labute approximate surface area is 145 Å². The van der Waals surface area contributed by atoms with E-state index in [1.165, 1.54) is 11.1 Å². The molecule has 0 spiro atoms. The third-order valence-corrected chi connectivity index (χ3v) is 5.25. The predicted molar refractivity (Wildman–Crippen MR) is 89.6 cm³/mol. The lowest BCUT2D eigenvalue weighted by Gasteiger charge is -2.35. The predicted octanol–water partition coefficient (Wildman–Crippen LogP) is 2.62. The Morgan fingerprint density at radius 2 is 1.60 bits per heavy atom. The van der Waals surface area contributed by atoms with Crippen molar-refractivity contribution >= 4 is 0 Å². The van der Waals surface area contributed by atoms with Crippen molar-refractivity contribution in [1.29, 1.82) is 0 Å². The maximum absolute atomic E-state index is 10.4. The van der Waals surface area contributed by atoms with Crippen LogP contribution in [0.5, 0.6) is 28.7 Å². The number of hydrogen-bond donors (Lipinski definition) is 1. The smallest absolute Gasteiger partial charge is 0.231 e. The average molecular weight is 341 g/mol. The van der Waals surface area contributed by atoms with E-state index in [1.807, 2.05) is 6.07 Å². The summed E-state index contributed by atoms with van der Waals surface area (Å²) in [5, 5.41) is 10.4. The number of aromatic hydroxyl groups is 1. The molecule has 0 aromatic heterocycles. The van der Waals surface area contributed by atoms with Gasteiger partial charge in [0.1, 0.15) is 5.75 Å². The number of ether oxygens (including phenoxy) is 4. The van der Waals surface area contributed by atoms with Crippen molar-refractivity contribution in [3.8, 4) is 28.7 Å². The average Bonchev–Trinajstić information content (AvgIpc) is 3.24. The molecule has 0 bridgehead atoms. The Morgan fingerprint density at radius 1 is 0.960 bits per heavy atom. The second-order valence-electron chi connectivity index (χ2n) is 6.69. The summed E-state index contributed by atoms with van der Waals surface area (Å²) in [5.74, 6) is 3.16. The van der Waals surface area contributed by atoms with Crippen molar-refractivity contribution in [1.82, 2.24) is 4.90 Å². The molecule has 3 aliphatic heterocycles. The van der Waals surface area contributed by atoms with E-state index in [9.17, 15) is 5.11 Å². The molecule has 6 nitrogen and oxygen atoms in total. The number of benzene rings is 2. The van der Waals surface area contributed by atoms with Gasteiger partial charge in [0, 0.05) is 18.7 Å². The summed E-state index contributed by atoms with van der Waals surface area (Å²) in [4.78, 5) is 2.31. The minimum absolute atomic E-state index is 0.157. The summed E-state index contributed by atoms with van der Waals surface area (Å²) in [7, 11) is 2.11. The van der Waals surface area contributed by atoms with Gasteiger partial charge in [-0.25, -0.2) is 0 Å². The van der Waals surface area contributed by atoms with Crippen LogP contribution in [0.15, 0.2) is 24.3 Å². The van der Waals surface area contributed by atoms with Gasteiger partial charge >= 0.3 is 0 Å². The molecule has 2 aromatic carbocycles. The number of likely N-dealkylation sites (N-methyl/N-ethyl adjacent to an activating group) is 1. The molecule has 0 aliphatic carbocycles. The maximum atomic E-state index is 10.4. The van der Waals surface area contributed by atoms with Crippen LogP contribution < -0.4 is 18.9 Å². The molecule has 6 heteroatoms. The Kier molecular flexibility index (Phi) is 3.21. The zero-order chi connectivity index (χ0) is 17.0. The van der Waals surface area contributed by atoms with E-state index in [4.69, 9.17) is 18.9 Å². The van der Waals surface area contributed by atoms with Crippen LogP contribution in [0.4, 0.5) is 0 Å². The summed E-state index contributed by atoms with van der Waals surface area (Å²) >= 11 is 0. The standard InChI is InChI=1S/C19H19NO5/c1-20-3-2-11-5-16-18(24-9-22-16)7-13(11)14(20)4-12-6-17-19(8-15(12)21)25-10-23-17/h5-8,14,21H,2-4,9-10H2,1H3/t14-/m0/s1. The van der Waals surface area contributed by atoms with Crippen LogP contribution in [0, 0.1) is 0 Å². The first-order valence-corrected chi connectivity index (χ1v) is 8.43. The third-order valence-electron chi connectivity index (χ3n) is 5.25. The van der Waals surface area contributed by atoms with E-state index in [0.29, 0.717) is 17.9 Å². The summed E-state index contributed by atoms with van der Waals surface area (Å²) in [6.07, 6.45) is 1.66. The molecular formula is C19H19NO5. The first kappa shape index (κ1) is 14.7. The van der Waals surface area contributed by atoms with Crippen LogP contribution in [0.2, 0.25) is 0 Å². The lowest BCUT2D eigenvalue weighted by molar-refractivity contribution is 0.173. The van der Waals surface area contributed by atoms with Gasteiger partial charge in [-0.3, -0.25) is 4.90 Å². The van der Waals surface area contributed by atoms with Crippen LogP contribution in [0.25, 0.3) is 0 Å². The molecule has 3 aliphatic rings. The van der Waals surface area contributed by atoms with E-state index in [2.05, 4.69) is 24.1 Å². The van der Waals surface area contributed by atoms with E-state index in [-0.39, 0.29) is 25.4 Å². The second kappa shape index (κ2) is 5.46. The first-order valence-electron chi connectivity index (χ1n) is 8.43. The molecule has 1 atom stereocenters. The van der Waals surface area contributed by atoms with Gasteiger partial charge in [0.15, 0.2) is 23.0 Å². The summed E-state index contributed by atoms with van der Waals surface area (Å²) in [5.41, 5.74) is 3.37. The largest absolute Gasteiger partial charge is 0.508 e. The summed E-state index contributed by atoms with van der Waals surface area (Å²) in [6.45, 7) is 1.44. The van der Waals surface area contributed by atoms with Gasteiger partial charge in [-0.15, -0.1) is 0 Å². The highest BCUT2D eigenvalue weighted by Gasteiger charge is 2.30. The molecule has 0 saturated heterocycles. The Bertz CT molecular complexity index is 850. The molecule has 130 valence electrons. The normalized spacial score (nSPS) is 20.6. The number of rotatable bonds is 2. The Balaban J connectivity index is 1.52. The lowest BCUT2D eigenvalue weighted by atomic mass is 9.88. The van der Waals surface area contributed by atoms with Crippen molar-refractivity contribution in [3.05, 3.63) is 41.0 Å². The molecule has 0 unspecified atom stereocenters. The van der Waals surface area contributed by atoms with Crippen LogP contribution in [0.3, 0.4) is 0 Å². The van der Waals surface area contributed by atoms with Crippen molar-refractivity contribution in [2.45, 2.75) is 18.9 Å². The van der Waals surface area contributed by atoms with E-state index >= 15 is 0 Å². The van der Waals surface area contributed by atoms with Gasteiger partial charge in [0.05, 0.1) is 0 Å². The minimum Gasteiger partial charge on any atom is -0.508 e. The number of fused-ring (bicyclic) bond motifs is 3. The van der Waals surface area contributed by atoms with Crippen molar-refractivity contribution in [2.75, 3.05) is 27.2 Å². The number of nitrogens with zero attached hydrogens (tertiary/aromatic N) is 1. The number of phenolic OH excluding ortho intramolecular Hbond substituents is 1. The SMILES string of the molecule is CN1CCc2cc3c(cc2[C@@H]1Cc1cc2c(cc1O)OCO2)OCO3. The number of hydrogen-bond acceptors (Lipinski definition) is 6. The molecule has 0 radical (unpaired) electrons. The molecular weight excluding hydrogens is 322 g/mol. The van der Waals surface area contributed by atoms with Crippen LogP contribution in [0.1, 0.15) is 22.7 Å². The van der Waals surface area contributed by atoms with Gasteiger partial charge in [-0.2, -0.15) is 0 Å². The molecule has 2 aromatic rings. The van der Waals surface area contributed by atoms with Crippen molar-refractivity contribution < 1.29 is 24.1 Å². The van der Waals surface area contributed by atoms with Gasteiger partial charge < -0.3 is 24.1 Å². The van der Waals surface area contributed by atoms with E-state index < -0.39 is 0 Å². The first-order chi connectivity index (χ1) is 12.2. The summed E-state index contributed by atoms with van der Waals surface area (Å²) in [6, 6.07) is 7.86. The third kappa shape index (κ3) is 2.36. The molecule has 0 saturated carbocycles. The Morgan fingerprint density at radius 3 is 2.36 bits per heavy atom. The van der Waals surface area contributed by atoms with Crippen molar-refractivity contribution in [3.63, 3.8) is 0 Å². The lowest BCUT2D eigenvalue weighted by Crippen LogP contribution is -2.33. The molecule has 0 amide bonds. The van der Waals surface area contributed by atoms with E-state index in [0.717, 1.165) is 30.0 Å². The fourth-order valence-electron chi connectivity index (χ4n) is 3.83. The minimum atomic E-state index is 0.157. The highest BCUT2D eigenvalue weighted by atomic mass is 16.7. The van der Waals surface area contributed by atoms with Gasteiger partial charge in [0.2, 0.25) is 13.6 Å². The maximum Gasteiger partial charge on any atom is 0.231 e. The fraction of sp³-hybridized carbons (Fsp3) is 0.368. The quantitative estimate of drug-likeness (QED) is 0.906. The Hall–Kier alpha value is -2.60. The van der Waals surface area contributed by atoms with Gasteiger partial charge in [-0.1, -0.05) is 0 Å². The topological polar surface area (TPSA) is 60.4 Å². The molecule has 0 fully saturated rings. The molecule has 3 heterocycles. The fourth-order valence-corrected chi connectivity index (χ4v) is 3.83. The van der Waals surface area contributed by atoms with Crippen molar-refractivity contribution in [2.24, 2.45) is 0 Å². The number of phenols is 1. The highest BCUT2D eigenvalue weighted by molar-refractivity contribution is 5.53. The zero-order valence-corrected chi connectivity index (χ0v) is 13.9. The highest BCUT2D eigenvalue weighted by Crippen LogP contribution is 2.43. The van der Waals surface area contributed by atoms with Crippen LogP contribution in [-0.2, 0) is 12.8 Å². The second-order valence-corrected chi connectivity index (χ2v) is 6.69. The monoisotopic (exact) mass is 341 g/mol. The molecule has 25 heavy (non-hydrogen) atoms. The molecule has 5 rings (SSSR count).